The van der Waals surface area contributed by atoms with E-state index in [9.17, 15) is 9.18 Å². The van der Waals surface area contributed by atoms with E-state index in [1.807, 2.05) is 0 Å². The standard InChI is InChI=1S/C13H16FNO3/c14-11-3-1-2-10(6-11)7-13(17)15-4-5-18-12(8-15)9-16/h1-3,6,12,16H,4-5,7-9H2. The van der Waals surface area contributed by atoms with Gasteiger partial charge in [-0.15, -0.1) is 0 Å². The lowest BCUT2D eigenvalue weighted by Gasteiger charge is -2.32. The largest absolute Gasteiger partial charge is 0.394 e. The van der Waals surface area contributed by atoms with E-state index in [1.165, 1.54) is 12.1 Å². The van der Waals surface area contributed by atoms with E-state index < -0.39 is 0 Å². The predicted molar refractivity (Wildman–Crippen MR) is 63.5 cm³/mol. The van der Waals surface area contributed by atoms with Gasteiger partial charge in [-0.1, -0.05) is 12.1 Å². The van der Waals surface area contributed by atoms with E-state index in [1.54, 1.807) is 17.0 Å². The topological polar surface area (TPSA) is 49.8 Å². The quantitative estimate of drug-likeness (QED) is 0.857. The molecular formula is C13H16FNO3. The van der Waals surface area contributed by atoms with E-state index in [-0.39, 0.29) is 30.9 Å². The molecule has 1 atom stereocenters. The Morgan fingerprint density at radius 3 is 3.11 bits per heavy atom. The van der Waals surface area contributed by atoms with Crippen molar-refractivity contribution in [3.8, 4) is 0 Å². The summed E-state index contributed by atoms with van der Waals surface area (Å²) >= 11 is 0. The van der Waals surface area contributed by atoms with Crippen molar-refractivity contribution >= 4 is 5.91 Å². The fourth-order valence-electron chi connectivity index (χ4n) is 1.99. The Morgan fingerprint density at radius 1 is 1.56 bits per heavy atom. The monoisotopic (exact) mass is 253 g/mol. The first-order valence-corrected chi connectivity index (χ1v) is 5.93. The zero-order valence-corrected chi connectivity index (χ0v) is 10.0. The molecule has 1 N–H and O–H groups in total. The van der Waals surface area contributed by atoms with E-state index in [2.05, 4.69) is 0 Å². The molecule has 1 heterocycles. The second-order valence-corrected chi connectivity index (χ2v) is 4.32. The number of carbonyl (C=O) groups excluding carboxylic acids is 1. The molecule has 98 valence electrons. The maximum atomic E-state index is 13.0. The first-order valence-electron chi connectivity index (χ1n) is 5.93. The maximum absolute atomic E-state index is 13.0. The van der Waals surface area contributed by atoms with Gasteiger partial charge in [0.2, 0.25) is 5.91 Å². The van der Waals surface area contributed by atoms with Gasteiger partial charge in [-0.2, -0.15) is 0 Å². The van der Waals surface area contributed by atoms with Crippen molar-refractivity contribution in [2.24, 2.45) is 0 Å². The minimum Gasteiger partial charge on any atom is -0.394 e. The molecule has 18 heavy (non-hydrogen) atoms. The van der Waals surface area contributed by atoms with Crippen LogP contribution in [0.15, 0.2) is 24.3 Å². The maximum Gasteiger partial charge on any atom is 0.227 e. The van der Waals surface area contributed by atoms with Gasteiger partial charge in [0.1, 0.15) is 5.82 Å². The highest BCUT2D eigenvalue weighted by atomic mass is 19.1. The molecule has 2 rings (SSSR count). The van der Waals surface area contributed by atoms with Crippen molar-refractivity contribution in [1.29, 1.82) is 0 Å². The van der Waals surface area contributed by atoms with E-state index in [4.69, 9.17) is 9.84 Å². The second kappa shape index (κ2) is 5.93. The molecule has 0 aliphatic carbocycles. The number of hydrogen-bond donors (Lipinski definition) is 1. The van der Waals surface area contributed by atoms with Crippen molar-refractivity contribution in [2.75, 3.05) is 26.3 Å². The van der Waals surface area contributed by atoms with Crippen LogP contribution in [0.3, 0.4) is 0 Å². The minimum absolute atomic E-state index is 0.0673. The molecule has 1 aliphatic heterocycles. The van der Waals surface area contributed by atoms with E-state index in [0.29, 0.717) is 25.3 Å². The Kier molecular flexibility index (Phi) is 4.28. The first kappa shape index (κ1) is 13.0. The number of nitrogens with zero attached hydrogens (tertiary/aromatic N) is 1. The van der Waals surface area contributed by atoms with Crippen LogP contribution in [0.1, 0.15) is 5.56 Å². The molecule has 0 radical (unpaired) electrons. The number of amides is 1. The smallest absolute Gasteiger partial charge is 0.227 e. The van der Waals surface area contributed by atoms with Crippen molar-refractivity contribution in [3.05, 3.63) is 35.6 Å². The summed E-state index contributed by atoms with van der Waals surface area (Å²) < 4.78 is 18.3. The molecular weight excluding hydrogens is 237 g/mol. The Hall–Kier alpha value is -1.46. The highest BCUT2D eigenvalue weighted by Crippen LogP contribution is 2.09. The van der Waals surface area contributed by atoms with Gasteiger partial charge in [0.15, 0.2) is 0 Å². The fraction of sp³-hybridized carbons (Fsp3) is 0.462. The molecule has 0 bridgehead atoms. The average Bonchev–Trinajstić information content (AvgIpc) is 2.39. The average molecular weight is 253 g/mol. The summed E-state index contributed by atoms with van der Waals surface area (Å²) in [5.41, 5.74) is 0.659. The Labute approximate surface area is 105 Å². The first-order chi connectivity index (χ1) is 8.69. The van der Waals surface area contributed by atoms with Crippen LogP contribution >= 0.6 is 0 Å². The van der Waals surface area contributed by atoms with Gasteiger partial charge in [-0.3, -0.25) is 4.79 Å². The Bertz CT molecular complexity index is 424. The number of rotatable bonds is 3. The third kappa shape index (κ3) is 3.27. The lowest BCUT2D eigenvalue weighted by atomic mass is 10.1. The van der Waals surface area contributed by atoms with Crippen LogP contribution in [0.4, 0.5) is 4.39 Å². The van der Waals surface area contributed by atoms with Crippen molar-refractivity contribution in [3.63, 3.8) is 0 Å². The Balaban J connectivity index is 1.95. The molecule has 1 saturated heterocycles. The summed E-state index contributed by atoms with van der Waals surface area (Å²) in [5.74, 6) is -0.405. The summed E-state index contributed by atoms with van der Waals surface area (Å²) in [5, 5.41) is 9.00. The molecule has 1 aromatic carbocycles. The molecule has 0 saturated carbocycles. The lowest BCUT2D eigenvalue weighted by Crippen LogP contribution is -2.47. The van der Waals surface area contributed by atoms with Crippen LogP contribution in [0, 0.1) is 5.82 Å². The van der Waals surface area contributed by atoms with Gasteiger partial charge < -0.3 is 14.7 Å². The number of halogens is 1. The summed E-state index contributed by atoms with van der Waals surface area (Å²) in [7, 11) is 0. The zero-order valence-electron chi connectivity index (χ0n) is 10.0. The summed E-state index contributed by atoms with van der Waals surface area (Å²) in [6.07, 6.45) is -0.133. The number of benzene rings is 1. The van der Waals surface area contributed by atoms with Crippen LogP contribution in [0.2, 0.25) is 0 Å². The zero-order chi connectivity index (χ0) is 13.0. The van der Waals surface area contributed by atoms with Crippen LogP contribution < -0.4 is 0 Å². The highest BCUT2D eigenvalue weighted by molar-refractivity contribution is 5.78. The second-order valence-electron chi connectivity index (χ2n) is 4.32. The summed E-state index contributed by atoms with van der Waals surface area (Å²) in [4.78, 5) is 13.7. The molecule has 1 aromatic rings. The number of aliphatic hydroxyl groups excluding tert-OH is 1. The molecule has 1 fully saturated rings. The van der Waals surface area contributed by atoms with Crippen LogP contribution in [-0.2, 0) is 16.0 Å². The molecule has 1 amide bonds. The summed E-state index contributed by atoms with van der Waals surface area (Å²) in [6.45, 7) is 1.25. The minimum atomic E-state index is -0.337. The Morgan fingerprint density at radius 2 is 2.39 bits per heavy atom. The van der Waals surface area contributed by atoms with Crippen molar-refractivity contribution in [1.82, 2.24) is 4.90 Å². The lowest BCUT2D eigenvalue weighted by molar-refractivity contribution is -0.139. The molecule has 0 spiro atoms. The van der Waals surface area contributed by atoms with Crippen LogP contribution in [0.25, 0.3) is 0 Å². The van der Waals surface area contributed by atoms with Gasteiger partial charge >= 0.3 is 0 Å². The third-order valence-electron chi connectivity index (χ3n) is 2.94. The predicted octanol–water partition coefficient (Wildman–Crippen LogP) is 0.588. The van der Waals surface area contributed by atoms with Crippen molar-refractivity contribution in [2.45, 2.75) is 12.5 Å². The fourth-order valence-corrected chi connectivity index (χ4v) is 1.99. The number of morpholine rings is 1. The van der Waals surface area contributed by atoms with Gasteiger partial charge in [0.25, 0.3) is 0 Å². The van der Waals surface area contributed by atoms with Gasteiger partial charge in [0, 0.05) is 13.1 Å². The summed E-state index contributed by atoms with van der Waals surface area (Å²) in [6, 6.07) is 6.03. The van der Waals surface area contributed by atoms with Crippen LogP contribution in [0.5, 0.6) is 0 Å². The molecule has 5 heteroatoms. The number of hydrogen-bond acceptors (Lipinski definition) is 3. The molecule has 1 aliphatic rings. The van der Waals surface area contributed by atoms with Gasteiger partial charge in [-0.05, 0) is 17.7 Å². The SMILES string of the molecule is O=C(Cc1cccc(F)c1)N1CCOC(CO)C1. The third-order valence-corrected chi connectivity index (χ3v) is 2.94. The number of ether oxygens (including phenoxy) is 1. The van der Waals surface area contributed by atoms with E-state index >= 15 is 0 Å². The van der Waals surface area contributed by atoms with Gasteiger partial charge in [-0.25, -0.2) is 4.39 Å². The van der Waals surface area contributed by atoms with Crippen LogP contribution in [-0.4, -0.2) is 48.3 Å². The van der Waals surface area contributed by atoms with Gasteiger partial charge in [0.05, 0.1) is 25.7 Å². The molecule has 0 aromatic heterocycles. The molecule has 4 nitrogen and oxygen atoms in total. The van der Waals surface area contributed by atoms with Crippen molar-refractivity contribution < 1.29 is 19.0 Å². The van der Waals surface area contributed by atoms with E-state index in [0.717, 1.165) is 0 Å². The molecule has 1 unspecified atom stereocenters. The normalized spacial score (nSPS) is 19.9. The highest BCUT2D eigenvalue weighted by Gasteiger charge is 2.23. The number of carbonyl (C=O) groups is 1. The number of aliphatic hydroxyl groups is 1.